The molecular formula is C16H10N2O2. The summed E-state index contributed by atoms with van der Waals surface area (Å²) in [6, 6.07) is 16.0. The fourth-order valence-electron chi connectivity index (χ4n) is 1.90. The number of phenols is 1. The number of fused-ring (bicyclic) bond motifs is 1. The molecule has 3 aromatic rings. The summed E-state index contributed by atoms with van der Waals surface area (Å²) in [6.07, 6.45) is 1.46. The molecule has 0 fully saturated rings. The maximum absolute atomic E-state index is 9.48. The van der Waals surface area contributed by atoms with Gasteiger partial charge in [0.25, 0.3) is 0 Å². The first-order valence-electron chi connectivity index (χ1n) is 6.01. The van der Waals surface area contributed by atoms with Crippen LogP contribution in [0.3, 0.4) is 0 Å². The van der Waals surface area contributed by atoms with Crippen molar-refractivity contribution >= 4 is 10.8 Å². The fraction of sp³-hybridized carbons (Fsp3) is 0. The number of nitrogens with zero attached hydrogens (tertiary/aromatic N) is 2. The summed E-state index contributed by atoms with van der Waals surface area (Å²) >= 11 is 0. The zero-order valence-corrected chi connectivity index (χ0v) is 10.4. The minimum atomic E-state index is 0.214. The summed E-state index contributed by atoms with van der Waals surface area (Å²) in [7, 11) is 0. The maximum atomic E-state index is 9.48. The van der Waals surface area contributed by atoms with Gasteiger partial charge in [-0.25, -0.2) is 4.98 Å². The van der Waals surface area contributed by atoms with E-state index in [-0.39, 0.29) is 5.75 Å². The maximum Gasteiger partial charge on any atom is 0.219 e. The van der Waals surface area contributed by atoms with E-state index in [1.165, 1.54) is 6.20 Å². The number of ether oxygens (including phenoxy) is 1. The molecule has 2 aromatic carbocycles. The number of phenolic OH excluding ortho intramolecular Hbond substituents is 1. The molecule has 0 saturated carbocycles. The molecule has 0 aliphatic rings. The molecule has 0 radical (unpaired) electrons. The second-order valence-corrected chi connectivity index (χ2v) is 4.29. The Kier molecular flexibility index (Phi) is 2.94. The SMILES string of the molecule is N#Cc1ccc(Oc2ccc3ccc(O)cc3c2)nc1. The van der Waals surface area contributed by atoms with Crippen LogP contribution in [0.4, 0.5) is 0 Å². The van der Waals surface area contributed by atoms with Gasteiger partial charge in [0, 0.05) is 12.3 Å². The lowest BCUT2D eigenvalue weighted by Crippen LogP contribution is -1.88. The molecule has 0 amide bonds. The van der Waals surface area contributed by atoms with E-state index in [4.69, 9.17) is 10.00 Å². The molecular weight excluding hydrogens is 252 g/mol. The number of benzene rings is 2. The average molecular weight is 262 g/mol. The molecule has 4 nitrogen and oxygen atoms in total. The van der Waals surface area contributed by atoms with E-state index in [0.29, 0.717) is 17.2 Å². The van der Waals surface area contributed by atoms with E-state index in [2.05, 4.69) is 4.98 Å². The molecule has 1 aromatic heterocycles. The summed E-state index contributed by atoms with van der Waals surface area (Å²) < 4.78 is 5.62. The van der Waals surface area contributed by atoms with Crippen LogP contribution in [0, 0.1) is 11.3 Å². The number of pyridine rings is 1. The Morgan fingerprint density at radius 3 is 2.60 bits per heavy atom. The highest BCUT2D eigenvalue weighted by Crippen LogP contribution is 2.26. The number of hydrogen-bond donors (Lipinski definition) is 1. The first-order chi connectivity index (χ1) is 9.74. The smallest absolute Gasteiger partial charge is 0.219 e. The summed E-state index contributed by atoms with van der Waals surface area (Å²) in [5, 5.41) is 20.1. The molecule has 0 aliphatic heterocycles. The van der Waals surface area contributed by atoms with Gasteiger partial charge in [-0.1, -0.05) is 12.1 Å². The van der Waals surface area contributed by atoms with Crippen LogP contribution in [0.5, 0.6) is 17.4 Å². The van der Waals surface area contributed by atoms with Gasteiger partial charge in [0.1, 0.15) is 17.6 Å². The molecule has 20 heavy (non-hydrogen) atoms. The molecule has 1 N–H and O–H groups in total. The van der Waals surface area contributed by atoms with E-state index in [0.717, 1.165) is 10.8 Å². The topological polar surface area (TPSA) is 66.1 Å². The van der Waals surface area contributed by atoms with Gasteiger partial charge in [0.15, 0.2) is 0 Å². The van der Waals surface area contributed by atoms with Crippen LogP contribution < -0.4 is 4.74 Å². The monoisotopic (exact) mass is 262 g/mol. The molecule has 0 bridgehead atoms. The van der Waals surface area contributed by atoms with Crippen LogP contribution in [0.2, 0.25) is 0 Å². The summed E-state index contributed by atoms with van der Waals surface area (Å²) in [5.74, 6) is 1.26. The van der Waals surface area contributed by atoms with Gasteiger partial charge in [0.2, 0.25) is 5.88 Å². The number of rotatable bonds is 2. The normalized spacial score (nSPS) is 10.2. The summed E-state index contributed by atoms with van der Waals surface area (Å²) in [4.78, 5) is 4.05. The minimum Gasteiger partial charge on any atom is -0.508 e. The lowest BCUT2D eigenvalue weighted by Gasteiger charge is -2.06. The lowest BCUT2D eigenvalue weighted by molar-refractivity contribution is 0.463. The third-order valence-electron chi connectivity index (χ3n) is 2.88. The van der Waals surface area contributed by atoms with Crippen LogP contribution in [0.1, 0.15) is 5.56 Å². The molecule has 0 atom stereocenters. The van der Waals surface area contributed by atoms with Crippen LogP contribution >= 0.6 is 0 Å². The van der Waals surface area contributed by atoms with Crippen molar-refractivity contribution in [2.45, 2.75) is 0 Å². The molecule has 0 saturated heterocycles. The highest BCUT2D eigenvalue weighted by Gasteiger charge is 2.02. The first-order valence-corrected chi connectivity index (χ1v) is 6.01. The Morgan fingerprint density at radius 1 is 1.00 bits per heavy atom. The van der Waals surface area contributed by atoms with Gasteiger partial charge in [-0.15, -0.1) is 0 Å². The number of aromatic nitrogens is 1. The summed E-state index contributed by atoms with van der Waals surface area (Å²) in [5.41, 5.74) is 0.487. The van der Waals surface area contributed by atoms with Gasteiger partial charge < -0.3 is 9.84 Å². The van der Waals surface area contributed by atoms with E-state index in [9.17, 15) is 5.11 Å². The van der Waals surface area contributed by atoms with Gasteiger partial charge in [-0.3, -0.25) is 0 Å². The third-order valence-corrected chi connectivity index (χ3v) is 2.88. The first kappa shape index (κ1) is 12.0. The number of hydrogen-bond acceptors (Lipinski definition) is 4. The zero-order valence-electron chi connectivity index (χ0n) is 10.4. The highest BCUT2D eigenvalue weighted by molar-refractivity contribution is 5.85. The predicted molar refractivity (Wildman–Crippen MR) is 74.6 cm³/mol. The fourth-order valence-corrected chi connectivity index (χ4v) is 1.90. The Labute approximate surface area is 115 Å². The number of nitriles is 1. The van der Waals surface area contributed by atoms with Crippen molar-refractivity contribution in [2.75, 3.05) is 0 Å². The molecule has 0 unspecified atom stereocenters. The van der Waals surface area contributed by atoms with Crippen LogP contribution in [0.25, 0.3) is 10.8 Å². The average Bonchev–Trinajstić information content (AvgIpc) is 2.47. The second-order valence-electron chi connectivity index (χ2n) is 4.29. The molecule has 3 rings (SSSR count). The molecule has 4 heteroatoms. The minimum absolute atomic E-state index is 0.214. The van der Waals surface area contributed by atoms with Gasteiger partial charge in [-0.05, 0) is 41.1 Å². The Bertz CT molecular complexity index is 805. The van der Waals surface area contributed by atoms with Crippen molar-refractivity contribution < 1.29 is 9.84 Å². The van der Waals surface area contributed by atoms with Crippen molar-refractivity contribution in [3.63, 3.8) is 0 Å². The molecule has 96 valence electrons. The Balaban J connectivity index is 1.92. The van der Waals surface area contributed by atoms with Crippen molar-refractivity contribution in [2.24, 2.45) is 0 Å². The molecule has 1 heterocycles. The van der Waals surface area contributed by atoms with E-state index in [1.54, 1.807) is 24.3 Å². The van der Waals surface area contributed by atoms with Gasteiger partial charge in [-0.2, -0.15) is 5.26 Å². The van der Waals surface area contributed by atoms with Gasteiger partial charge in [0.05, 0.1) is 5.56 Å². The van der Waals surface area contributed by atoms with Crippen LogP contribution in [-0.2, 0) is 0 Å². The van der Waals surface area contributed by atoms with Crippen LogP contribution in [0.15, 0.2) is 54.7 Å². The Hall–Kier alpha value is -3.06. The van der Waals surface area contributed by atoms with Crippen molar-refractivity contribution in [1.29, 1.82) is 5.26 Å². The Morgan fingerprint density at radius 2 is 1.85 bits per heavy atom. The molecule has 0 aliphatic carbocycles. The quantitative estimate of drug-likeness (QED) is 0.766. The van der Waals surface area contributed by atoms with E-state index < -0.39 is 0 Å². The third kappa shape index (κ3) is 2.38. The van der Waals surface area contributed by atoms with Crippen molar-refractivity contribution in [3.05, 3.63) is 60.3 Å². The predicted octanol–water partition coefficient (Wildman–Crippen LogP) is 3.60. The lowest BCUT2D eigenvalue weighted by atomic mass is 10.1. The van der Waals surface area contributed by atoms with E-state index in [1.807, 2.05) is 30.3 Å². The van der Waals surface area contributed by atoms with Crippen LogP contribution in [-0.4, -0.2) is 10.1 Å². The van der Waals surface area contributed by atoms with E-state index >= 15 is 0 Å². The van der Waals surface area contributed by atoms with Gasteiger partial charge >= 0.3 is 0 Å². The second kappa shape index (κ2) is 4.90. The largest absolute Gasteiger partial charge is 0.508 e. The highest BCUT2D eigenvalue weighted by atomic mass is 16.5. The van der Waals surface area contributed by atoms with Crippen molar-refractivity contribution in [1.82, 2.24) is 4.98 Å². The summed E-state index contributed by atoms with van der Waals surface area (Å²) in [6.45, 7) is 0. The standard InChI is InChI=1S/C16H10N2O2/c17-9-11-1-6-16(18-10-11)20-15-5-3-12-2-4-14(19)7-13(12)8-15/h1-8,10,19H. The number of aromatic hydroxyl groups is 1. The zero-order chi connectivity index (χ0) is 13.9. The van der Waals surface area contributed by atoms with Crippen molar-refractivity contribution in [3.8, 4) is 23.4 Å². The molecule has 0 spiro atoms.